The molecule has 0 aliphatic carbocycles. The smallest absolute Gasteiger partial charge is 0.161 e. The van der Waals surface area contributed by atoms with Crippen LogP contribution < -0.4 is 5.43 Å². The Balaban J connectivity index is 1.84. The first-order valence-electron chi connectivity index (χ1n) is 7.59. The third-order valence-corrected chi connectivity index (χ3v) is 3.49. The van der Waals surface area contributed by atoms with Gasteiger partial charge in [0.1, 0.15) is 5.82 Å². The summed E-state index contributed by atoms with van der Waals surface area (Å²) in [6.07, 6.45) is 0. The van der Waals surface area contributed by atoms with Crippen molar-refractivity contribution < 1.29 is 4.39 Å². The van der Waals surface area contributed by atoms with Crippen LogP contribution in [0.3, 0.4) is 0 Å². The lowest BCUT2D eigenvalue weighted by Crippen LogP contribution is -2.03. The van der Waals surface area contributed by atoms with E-state index in [0.29, 0.717) is 11.6 Å². The molecule has 3 rings (SSSR count). The van der Waals surface area contributed by atoms with Crippen LogP contribution in [0.25, 0.3) is 11.4 Å². The molecule has 3 aromatic rings. The minimum absolute atomic E-state index is 0.265. The van der Waals surface area contributed by atoms with Crippen molar-refractivity contribution in [2.24, 2.45) is 5.10 Å². The quantitative estimate of drug-likeness (QED) is 0.571. The maximum absolute atomic E-state index is 13.0. The minimum Gasteiger partial charge on any atom is -0.261 e. The van der Waals surface area contributed by atoms with Gasteiger partial charge in [-0.3, -0.25) is 5.43 Å². The van der Waals surface area contributed by atoms with Crippen LogP contribution in [-0.2, 0) is 0 Å². The van der Waals surface area contributed by atoms with Crippen LogP contribution in [0.5, 0.6) is 0 Å². The molecular weight excluding hydrogens is 303 g/mol. The summed E-state index contributed by atoms with van der Waals surface area (Å²) < 4.78 is 13.0. The maximum Gasteiger partial charge on any atom is 0.161 e. The highest BCUT2D eigenvalue weighted by Gasteiger charge is 2.05. The number of nitrogens with zero attached hydrogens (tertiary/aromatic N) is 3. The molecule has 0 bridgehead atoms. The molecule has 0 spiro atoms. The zero-order valence-corrected chi connectivity index (χ0v) is 13.5. The van der Waals surface area contributed by atoms with Crippen LogP contribution in [0.2, 0.25) is 0 Å². The number of aryl methyl sites for hydroxylation is 1. The van der Waals surface area contributed by atoms with Gasteiger partial charge in [-0.1, -0.05) is 42.5 Å². The highest BCUT2D eigenvalue weighted by molar-refractivity contribution is 5.99. The molecule has 0 unspecified atom stereocenters. The lowest BCUT2D eigenvalue weighted by atomic mass is 10.1. The molecule has 0 atom stereocenters. The highest BCUT2D eigenvalue weighted by Crippen LogP contribution is 2.17. The Morgan fingerprint density at radius 2 is 1.71 bits per heavy atom. The van der Waals surface area contributed by atoms with Crippen molar-refractivity contribution in [1.29, 1.82) is 0 Å². The molecule has 0 aliphatic heterocycles. The Morgan fingerprint density at radius 1 is 1.00 bits per heavy atom. The molecule has 0 aliphatic rings. The molecule has 0 radical (unpaired) electrons. The van der Waals surface area contributed by atoms with Crippen molar-refractivity contribution >= 4 is 11.5 Å². The van der Waals surface area contributed by atoms with Gasteiger partial charge in [-0.15, -0.1) is 0 Å². The summed E-state index contributed by atoms with van der Waals surface area (Å²) >= 11 is 0. The molecule has 4 nitrogen and oxygen atoms in total. The summed E-state index contributed by atoms with van der Waals surface area (Å²) in [5, 5.41) is 4.32. The molecule has 0 saturated heterocycles. The van der Waals surface area contributed by atoms with E-state index in [2.05, 4.69) is 20.5 Å². The number of nitrogens with one attached hydrogen (secondary N) is 1. The largest absolute Gasteiger partial charge is 0.261 e. The predicted octanol–water partition coefficient (Wildman–Crippen LogP) is 4.43. The first-order valence-corrected chi connectivity index (χ1v) is 7.59. The van der Waals surface area contributed by atoms with Crippen LogP contribution in [0.15, 0.2) is 65.8 Å². The van der Waals surface area contributed by atoms with Crippen LogP contribution in [-0.4, -0.2) is 15.7 Å². The maximum atomic E-state index is 13.0. The fourth-order valence-corrected chi connectivity index (χ4v) is 2.24. The van der Waals surface area contributed by atoms with Crippen molar-refractivity contribution in [2.45, 2.75) is 13.8 Å². The Labute approximate surface area is 140 Å². The number of hydrazone groups is 1. The van der Waals surface area contributed by atoms with Crippen molar-refractivity contribution in [3.63, 3.8) is 0 Å². The number of benzene rings is 2. The van der Waals surface area contributed by atoms with E-state index in [-0.39, 0.29) is 5.82 Å². The molecule has 1 aromatic heterocycles. The average molecular weight is 320 g/mol. The Bertz CT molecular complexity index is 858. The van der Waals surface area contributed by atoms with Gasteiger partial charge in [0.15, 0.2) is 11.6 Å². The van der Waals surface area contributed by atoms with Gasteiger partial charge in [0.05, 0.1) is 5.71 Å². The summed E-state index contributed by atoms with van der Waals surface area (Å²) in [7, 11) is 0. The molecule has 1 heterocycles. The van der Waals surface area contributed by atoms with E-state index in [4.69, 9.17) is 0 Å². The number of hydrogen-bond donors (Lipinski definition) is 1. The minimum atomic E-state index is -0.265. The SMILES string of the molecule is C/C(=N\Nc1cc(C)nc(-c2ccccc2)n1)c1ccc(F)cc1. The van der Waals surface area contributed by atoms with Gasteiger partial charge in [-0.2, -0.15) is 5.10 Å². The Kier molecular flexibility index (Phi) is 4.61. The van der Waals surface area contributed by atoms with Crippen LogP contribution in [0.4, 0.5) is 10.2 Å². The van der Waals surface area contributed by atoms with Gasteiger partial charge >= 0.3 is 0 Å². The molecule has 120 valence electrons. The molecule has 24 heavy (non-hydrogen) atoms. The zero-order valence-electron chi connectivity index (χ0n) is 13.5. The van der Waals surface area contributed by atoms with E-state index >= 15 is 0 Å². The molecule has 5 heteroatoms. The van der Waals surface area contributed by atoms with Gasteiger partial charge in [0, 0.05) is 17.3 Å². The molecule has 2 aromatic carbocycles. The van der Waals surface area contributed by atoms with Crippen LogP contribution in [0.1, 0.15) is 18.2 Å². The summed E-state index contributed by atoms with van der Waals surface area (Å²) in [5.41, 5.74) is 6.34. The second-order valence-electron chi connectivity index (χ2n) is 5.40. The van der Waals surface area contributed by atoms with Gasteiger partial charge in [-0.05, 0) is 31.5 Å². The molecule has 0 saturated carbocycles. The van der Waals surface area contributed by atoms with Crippen LogP contribution in [0, 0.1) is 12.7 Å². The number of anilines is 1. The summed E-state index contributed by atoms with van der Waals surface area (Å²) in [5.74, 6) is 0.994. The number of aromatic nitrogens is 2. The zero-order chi connectivity index (χ0) is 16.9. The third kappa shape index (κ3) is 3.81. The fraction of sp³-hybridized carbons (Fsp3) is 0.105. The predicted molar refractivity (Wildman–Crippen MR) is 94.4 cm³/mol. The number of rotatable bonds is 4. The van der Waals surface area contributed by atoms with Crippen molar-refractivity contribution in [2.75, 3.05) is 5.43 Å². The monoisotopic (exact) mass is 320 g/mol. The van der Waals surface area contributed by atoms with E-state index in [1.165, 1.54) is 12.1 Å². The van der Waals surface area contributed by atoms with E-state index < -0.39 is 0 Å². The normalized spacial score (nSPS) is 11.4. The standard InChI is InChI=1S/C19H17FN4/c1-13-12-18(22-19(21-13)16-6-4-3-5-7-16)24-23-14(2)15-8-10-17(20)11-9-15/h3-12H,1-2H3,(H,21,22,24)/b23-14+. The number of halogens is 1. The Morgan fingerprint density at radius 3 is 2.42 bits per heavy atom. The first kappa shape index (κ1) is 15.8. The van der Waals surface area contributed by atoms with E-state index in [1.54, 1.807) is 12.1 Å². The lowest BCUT2D eigenvalue weighted by Gasteiger charge is -2.07. The van der Waals surface area contributed by atoms with Gasteiger partial charge in [0.2, 0.25) is 0 Å². The van der Waals surface area contributed by atoms with Gasteiger partial charge < -0.3 is 0 Å². The van der Waals surface area contributed by atoms with Gasteiger partial charge in [-0.25, -0.2) is 14.4 Å². The molecule has 0 amide bonds. The lowest BCUT2D eigenvalue weighted by molar-refractivity contribution is 0.628. The highest BCUT2D eigenvalue weighted by atomic mass is 19.1. The van der Waals surface area contributed by atoms with Crippen molar-refractivity contribution in [3.05, 3.63) is 77.7 Å². The fourth-order valence-electron chi connectivity index (χ4n) is 2.24. The average Bonchev–Trinajstić information content (AvgIpc) is 2.60. The summed E-state index contributed by atoms with van der Waals surface area (Å²) in [6, 6.07) is 17.8. The second kappa shape index (κ2) is 7.00. The van der Waals surface area contributed by atoms with E-state index in [1.807, 2.05) is 50.2 Å². The summed E-state index contributed by atoms with van der Waals surface area (Å²) in [6.45, 7) is 3.77. The van der Waals surface area contributed by atoms with Crippen molar-refractivity contribution in [1.82, 2.24) is 9.97 Å². The topological polar surface area (TPSA) is 50.2 Å². The van der Waals surface area contributed by atoms with E-state index in [0.717, 1.165) is 22.5 Å². The van der Waals surface area contributed by atoms with Gasteiger partial charge in [0.25, 0.3) is 0 Å². The van der Waals surface area contributed by atoms with E-state index in [9.17, 15) is 4.39 Å². The van der Waals surface area contributed by atoms with Crippen molar-refractivity contribution in [3.8, 4) is 11.4 Å². The second-order valence-corrected chi connectivity index (χ2v) is 5.40. The molecular formula is C19H17FN4. The first-order chi connectivity index (χ1) is 11.6. The Hall–Kier alpha value is -3.08. The van der Waals surface area contributed by atoms with Crippen LogP contribution >= 0.6 is 0 Å². The third-order valence-electron chi connectivity index (χ3n) is 3.49. The molecule has 0 fully saturated rings. The number of hydrogen-bond acceptors (Lipinski definition) is 4. The molecule has 1 N–H and O–H groups in total. The summed E-state index contributed by atoms with van der Waals surface area (Å²) in [4.78, 5) is 8.95.